The summed E-state index contributed by atoms with van der Waals surface area (Å²) >= 11 is 1.46. The second-order valence-corrected chi connectivity index (χ2v) is 7.15. The summed E-state index contributed by atoms with van der Waals surface area (Å²) in [4.78, 5) is 4.87. The van der Waals surface area contributed by atoms with E-state index in [9.17, 15) is 0 Å². The smallest absolute Gasteiger partial charge is 0.203 e. The van der Waals surface area contributed by atoms with Crippen molar-refractivity contribution >= 4 is 27.4 Å². The zero-order valence-electron chi connectivity index (χ0n) is 12.8. The second kappa shape index (κ2) is 5.02. The van der Waals surface area contributed by atoms with Gasteiger partial charge >= 0.3 is 0 Å². The van der Waals surface area contributed by atoms with Crippen LogP contribution in [0.15, 0.2) is 18.2 Å². The number of hydrogen-bond acceptors (Lipinski definition) is 5. The van der Waals surface area contributed by atoms with E-state index in [2.05, 4.69) is 42.2 Å². The van der Waals surface area contributed by atoms with Gasteiger partial charge in [-0.3, -0.25) is 4.98 Å². The van der Waals surface area contributed by atoms with E-state index in [1.165, 1.54) is 39.1 Å². The molecule has 0 fully saturated rings. The Hall–Kier alpha value is -2.01. The van der Waals surface area contributed by atoms with Crippen molar-refractivity contribution in [2.75, 3.05) is 5.73 Å². The molecule has 3 aromatic rings. The molecule has 4 nitrogen and oxygen atoms in total. The first-order valence-electron chi connectivity index (χ1n) is 7.68. The number of nitrogens with two attached hydrogens (primary N) is 1. The van der Waals surface area contributed by atoms with E-state index in [1.54, 1.807) is 0 Å². The molecule has 0 unspecified atom stereocenters. The normalized spacial score (nSPS) is 14.0. The van der Waals surface area contributed by atoms with E-state index in [4.69, 9.17) is 10.7 Å². The molecule has 0 atom stereocenters. The van der Waals surface area contributed by atoms with Crippen LogP contribution in [-0.4, -0.2) is 15.2 Å². The van der Waals surface area contributed by atoms with E-state index in [1.807, 2.05) is 0 Å². The number of aromatic nitrogens is 3. The van der Waals surface area contributed by atoms with Gasteiger partial charge in [-0.15, -0.1) is 10.2 Å². The molecule has 4 rings (SSSR count). The minimum absolute atomic E-state index is 0.491. The molecule has 0 amide bonds. The molecule has 22 heavy (non-hydrogen) atoms. The standard InChI is InChI=1S/C17H18N4S/c1-9(2)10-6-7-14-12(8-10)15(16-20-21-17(18)22-16)11-4-3-5-13(11)19-14/h6-9H,3-5H2,1-2H3,(H2,18,21). The van der Waals surface area contributed by atoms with Gasteiger partial charge in [0.2, 0.25) is 5.13 Å². The van der Waals surface area contributed by atoms with E-state index < -0.39 is 0 Å². The molecule has 5 heteroatoms. The number of fused-ring (bicyclic) bond motifs is 2. The van der Waals surface area contributed by atoms with Crippen molar-refractivity contribution in [2.24, 2.45) is 0 Å². The van der Waals surface area contributed by atoms with Gasteiger partial charge in [0.25, 0.3) is 0 Å². The molecule has 112 valence electrons. The fraction of sp³-hybridized carbons (Fsp3) is 0.353. The maximum Gasteiger partial charge on any atom is 0.203 e. The van der Waals surface area contributed by atoms with Crippen LogP contribution in [0.2, 0.25) is 0 Å². The lowest BCUT2D eigenvalue weighted by Gasteiger charge is -2.13. The number of anilines is 1. The molecule has 2 aromatic heterocycles. The third kappa shape index (κ3) is 2.08. The summed E-state index contributed by atoms with van der Waals surface area (Å²) in [6, 6.07) is 6.58. The lowest BCUT2D eigenvalue weighted by Crippen LogP contribution is -1.97. The highest BCUT2D eigenvalue weighted by Gasteiger charge is 2.23. The van der Waals surface area contributed by atoms with Crippen LogP contribution in [-0.2, 0) is 12.8 Å². The highest BCUT2D eigenvalue weighted by molar-refractivity contribution is 7.18. The molecule has 0 spiro atoms. The monoisotopic (exact) mass is 310 g/mol. The topological polar surface area (TPSA) is 64.7 Å². The molecule has 1 aliphatic carbocycles. The maximum atomic E-state index is 5.81. The Labute approximate surface area is 133 Å². The van der Waals surface area contributed by atoms with Gasteiger partial charge in [0.05, 0.1) is 5.52 Å². The predicted molar refractivity (Wildman–Crippen MR) is 91.2 cm³/mol. The Morgan fingerprint density at radius 1 is 1.18 bits per heavy atom. The Bertz CT molecular complexity index is 866. The molecule has 0 bridgehead atoms. The highest BCUT2D eigenvalue weighted by Crippen LogP contribution is 2.39. The van der Waals surface area contributed by atoms with E-state index in [0.717, 1.165) is 29.8 Å². The van der Waals surface area contributed by atoms with E-state index in [-0.39, 0.29) is 0 Å². The number of pyridine rings is 1. The van der Waals surface area contributed by atoms with Crippen molar-refractivity contribution in [3.05, 3.63) is 35.0 Å². The van der Waals surface area contributed by atoms with Gasteiger partial charge in [-0.2, -0.15) is 0 Å². The van der Waals surface area contributed by atoms with Crippen LogP contribution in [0, 0.1) is 0 Å². The van der Waals surface area contributed by atoms with Crippen LogP contribution >= 0.6 is 11.3 Å². The van der Waals surface area contributed by atoms with Crippen LogP contribution < -0.4 is 5.73 Å². The summed E-state index contributed by atoms with van der Waals surface area (Å²) < 4.78 is 0. The lowest BCUT2D eigenvalue weighted by molar-refractivity contribution is 0.868. The van der Waals surface area contributed by atoms with Crippen molar-refractivity contribution in [3.63, 3.8) is 0 Å². The number of nitrogens with zero attached hydrogens (tertiary/aromatic N) is 3. The first-order chi connectivity index (χ1) is 10.6. The number of hydrogen-bond donors (Lipinski definition) is 1. The van der Waals surface area contributed by atoms with Crippen LogP contribution in [0.3, 0.4) is 0 Å². The summed E-state index contributed by atoms with van der Waals surface area (Å²) in [7, 11) is 0. The fourth-order valence-electron chi connectivity index (χ4n) is 3.22. The first-order valence-corrected chi connectivity index (χ1v) is 8.50. The SMILES string of the molecule is CC(C)c1ccc2nc3c(c(-c4nnc(N)s4)c2c1)CCC3. The zero-order valence-corrected chi connectivity index (χ0v) is 13.6. The molecular formula is C17H18N4S. The van der Waals surface area contributed by atoms with E-state index >= 15 is 0 Å². The van der Waals surface area contributed by atoms with Crippen molar-refractivity contribution in [1.82, 2.24) is 15.2 Å². The number of nitrogen functional groups attached to an aromatic ring is 1. The number of benzene rings is 1. The lowest BCUT2D eigenvalue weighted by atomic mass is 9.96. The summed E-state index contributed by atoms with van der Waals surface area (Å²) in [5.74, 6) is 0.491. The Morgan fingerprint density at radius 3 is 2.77 bits per heavy atom. The molecular weight excluding hydrogens is 292 g/mol. The third-order valence-electron chi connectivity index (χ3n) is 4.36. The van der Waals surface area contributed by atoms with E-state index in [0.29, 0.717) is 11.0 Å². The Balaban J connectivity index is 2.07. The maximum absolute atomic E-state index is 5.81. The summed E-state index contributed by atoms with van der Waals surface area (Å²) in [5, 5.41) is 10.9. The third-order valence-corrected chi connectivity index (χ3v) is 5.13. The average Bonchev–Trinajstić information content (AvgIpc) is 3.12. The largest absolute Gasteiger partial charge is 0.374 e. The van der Waals surface area contributed by atoms with Crippen LogP contribution in [0.25, 0.3) is 21.5 Å². The van der Waals surface area contributed by atoms with Gasteiger partial charge in [-0.25, -0.2) is 0 Å². The summed E-state index contributed by atoms with van der Waals surface area (Å²) in [6.07, 6.45) is 3.29. The van der Waals surface area contributed by atoms with Gasteiger partial charge in [-0.1, -0.05) is 31.3 Å². The van der Waals surface area contributed by atoms with Crippen molar-refractivity contribution in [1.29, 1.82) is 0 Å². The molecule has 0 saturated carbocycles. The van der Waals surface area contributed by atoms with Gasteiger partial charge in [0, 0.05) is 16.6 Å². The fourth-order valence-corrected chi connectivity index (χ4v) is 3.92. The second-order valence-electron chi connectivity index (χ2n) is 6.14. The minimum Gasteiger partial charge on any atom is -0.374 e. The first kappa shape index (κ1) is 13.6. The zero-order chi connectivity index (χ0) is 15.3. The number of rotatable bonds is 2. The molecule has 0 aliphatic heterocycles. The Morgan fingerprint density at radius 2 is 2.05 bits per heavy atom. The highest BCUT2D eigenvalue weighted by atomic mass is 32.1. The molecule has 1 aliphatic rings. The minimum atomic E-state index is 0.491. The van der Waals surface area contributed by atoms with Gasteiger partial charge in [-0.05, 0) is 48.4 Å². The average molecular weight is 310 g/mol. The molecule has 2 N–H and O–H groups in total. The van der Waals surface area contributed by atoms with Crippen LogP contribution in [0.4, 0.5) is 5.13 Å². The molecule has 0 radical (unpaired) electrons. The van der Waals surface area contributed by atoms with Gasteiger partial charge in [0.15, 0.2) is 5.01 Å². The van der Waals surface area contributed by atoms with Gasteiger partial charge < -0.3 is 5.73 Å². The van der Waals surface area contributed by atoms with Crippen molar-refractivity contribution in [3.8, 4) is 10.6 Å². The van der Waals surface area contributed by atoms with Crippen molar-refractivity contribution < 1.29 is 0 Å². The summed E-state index contributed by atoms with van der Waals surface area (Å²) in [5.41, 5.74) is 11.9. The molecule has 2 heterocycles. The Kier molecular flexibility index (Phi) is 3.11. The predicted octanol–water partition coefficient (Wildman–Crippen LogP) is 3.95. The molecule has 0 saturated heterocycles. The van der Waals surface area contributed by atoms with Crippen LogP contribution in [0.5, 0.6) is 0 Å². The number of aryl methyl sites for hydroxylation is 1. The molecule has 1 aromatic carbocycles. The van der Waals surface area contributed by atoms with Crippen LogP contribution in [0.1, 0.15) is 43.0 Å². The quantitative estimate of drug-likeness (QED) is 0.778. The van der Waals surface area contributed by atoms with Crippen molar-refractivity contribution in [2.45, 2.75) is 39.0 Å². The summed E-state index contributed by atoms with van der Waals surface area (Å²) in [6.45, 7) is 4.43. The van der Waals surface area contributed by atoms with Gasteiger partial charge in [0.1, 0.15) is 0 Å².